The molecule has 0 spiro atoms. The van der Waals surface area contributed by atoms with Crippen LogP contribution in [0.15, 0.2) is 84.1 Å². The Labute approximate surface area is 141 Å². The lowest BCUT2D eigenvalue weighted by atomic mass is 10.2. The molecule has 0 atom stereocenters. The number of benzene rings is 2. The highest BCUT2D eigenvalue weighted by atomic mass is 16.5. The molecular formula is C19H20N2O3. The van der Waals surface area contributed by atoms with Gasteiger partial charge in [0.25, 0.3) is 0 Å². The Morgan fingerprint density at radius 3 is 1.83 bits per heavy atom. The second-order valence-electron chi connectivity index (χ2n) is 5.04. The van der Waals surface area contributed by atoms with E-state index in [0.29, 0.717) is 12.9 Å². The van der Waals surface area contributed by atoms with Crippen molar-refractivity contribution in [2.45, 2.75) is 13.2 Å². The monoisotopic (exact) mass is 324 g/mol. The molecule has 0 amide bonds. The van der Waals surface area contributed by atoms with Crippen LogP contribution in [-0.2, 0) is 27.5 Å². The van der Waals surface area contributed by atoms with Gasteiger partial charge in [-0.1, -0.05) is 60.7 Å². The van der Waals surface area contributed by atoms with E-state index in [0.717, 1.165) is 11.1 Å². The molecule has 5 heteroatoms. The molecule has 0 unspecified atom stereocenters. The minimum Gasteiger partial charge on any atom is -0.483 e. The van der Waals surface area contributed by atoms with Gasteiger partial charge in [-0.15, -0.1) is 0 Å². The van der Waals surface area contributed by atoms with E-state index < -0.39 is 0 Å². The van der Waals surface area contributed by atoms with Crippen molar-refractivity contribution in [1.82, 2.24) is 0 Å². The topological polar surface area (TPSA) is 87.6 Å². The summed E-state index contributed by atoms with van der Waals surface area (Å²) < 4.78 is 11.2. The molecule has 0 bridgehead atoms. The van der Waals surface area contributed by atoms with Gasteiger partial charge in [0, 0.05) is 6.08 Å². The minimum absolute atomic E-state index is 0.00400. The molecule has 0 saturated heterocycles. The maximum Gasteiger partial charge on any atom is 0.228 e. The third kappa shape index (κ3) is 5.53. The second kappa shape index (κ2) is 9.05. The molecular weight excluding hydrogens is 304 g/mol. The predicted octanol–water partition coefficient (Wildman–Crippen LogP) is 2.59. The number of allylic oxidation sites excluding steroid dienone is 2. The van der Waals surface area contributed by atoms with Crippen LogP contribution in [0, 0.1) is 0 Å². The molecule has 0 heterocycles. The van der Waals surface area contributed by atoms with Crippen molar-refractivity contribution in [3.05, 3.63) is 95.2 Å². The van der Waals surface area contributed by atoms with E-state index in [9.17, 15) is 4.79 Å². The van der Waals surface area contributed by atoms with Crippen LogP contribution in [-0.4, -0.2) is 6.29 Å². The van der Waals surface area contributed by atoms with Gasteiger partial charge < -0.3 is 20.9 Å². The number of ether oxygens (including phenoxy) is 2. The molecule has 2 aromatic carbocycles. The molecule has 4 N–H and O–H groups in total. The molecule has 0 fully saturated rings. The highest BCUT2D eigenvalue weighted by molar-refractivity contribution is 5.72. The number of carbonyl (C=O) groups excluding carboxylic acids is 1. The van der Waals surface area contributed by atoms with Crippen LogP contribution in [0.2, 0.25) is 0 Å². The van der Waals surface area contributed by atoms with Gasteiger partial charge in [-0.3, -0.25) is 4.79 Å². The summed E-state index contributed by atoms with van der Waals surface area (Å²) in [4.78, 5) is 10.8. The lowest BCUT2D eigenvalue weighted by molar-refractivity contribution is -0.105. The fourth-order valence-electron chi connectivity index (χ4n) is 1.91. The van der Waals surface area contributed by atoms with Gasteiger partial charge in [-0.25, -0.2) is 0 Å². The molecule has 124 valence electrons. The summed E-state index contributed by atoms with van der Waals surface area (Å²) >= 11 is 0. The summed E-state index contributed by atoms with van der Waals surface area (Å²) in [5, 5.41) is 0. The largest absolute Gasteiger partial charge is 0.483 e. The zero-order valence-corrected chi connectivity index (χ0v) is 13.2. The zero-order chi connectivity index (χ0) is 17.2. The summed E-state index contributed by atoms with van der Waals surface area (Å²) in [5.74, 6) is 0.291. The van der Waals surface area contributed by atoms with Crippen LogP contribution in [0.3, 0.4) is 0 Å². The molecule has 0 aliphatic rings. The molecule has 0 aliphatic heterocycles. The molecule has 2 rings (SSSR count). The smallest absolute Gasteiger partial charge is 0.228 e. The maximum absolute atomic E-state index is 10.8. The Balaban J connectivity index is 2.09. The van der Waals surface area contributed by atoms with Gasteiger partial charge in [0.15, 0.2) is 12.0 Å². The molecule has 5 nitrogen and oxygen atoms in total. The number of nitrogens with two attached hydrogens (primary N) is 2. The molecule has 0 aliphatic carbocycles. The molecule has 0 aromatic heterocycles. The SMILES string of the molecule is N/C(C=O)=C\C(OCc1ccccc1)=C(/N)OCc1ccccc1. The first kappa shape index (κ1) is 17.1. The van der Waals surface area contributed by atoms with Gasteiger partial charge in [0.1, 0.15) is 13.2 Å². The van der Waals surface area contributed by atoms with Crippen molar-refractivity contribution >= 4 is 6.29 Å². The normalized spacial score (nSPS) is 12.2. The highest BCUT2D eigenvalue weighted by Gasteiger charge is 2.07. The van der Waals surface area contributed by atoms with Crippen molar-refractivity contribution in [3.63, 3.8) is 0 Å². The summed E-state index contributed by atoms with van der Waals surface area (Å²) in [5.41, 5.74) is 13.4. The predicted molar refractivity (Wildman–Crippen MR) is 92.0 cm³/mol. The number of carbonyl (C=O) groups is 1. The van der Waals surface area contributed by atoms with Gasteiger partial charge in [0.2, 0.25) is 5.88 Å². The third-order valence-electron chi connectivity index (χ3n) is 3.15. The van der Waals surface area contributed by atoms with Crippen molar-refractivity contribution in [1.29, 1.82) is 0 Å². The zero-order valence-electron chi connectivity index (χ0n) is 13.2. The Bertz CT molecular complexity index is 710. The van der Waals surface area contributed by atoms with Crippen LogP contribution < -0.4 is 11.5 Å². The fraction of sp³-hybridized carbons (Fsp3) is 0.105. The van der Waals surface area contributed by atoms with Gasteiger partial charge in [-0.05, 0) is 11.1 Å². The Morgan fingerprint density at radius 1 is 0.833 bits per heavy atom. The summed E-state index contributed by atoms with van der Waals surface area (Å²) in [6.07, 6.45) is 1.88. The van der Waals surface area contributed by atoms with Gasteiger partial charge in [0.05, 0.1) is 5.70 Å². The Hall–Kier alpha value is -3.21. The number of hydrogen-bond donors (Lipinski definition) is 2. The van der Waals surface area contributed by atoms with Crippen LogP contribution >= 0.6 is 0 Å². The summed E-state index contributed by atoms with van der Waals surface area (Å²) in [6, 6.07) is 19.2. The highest BCUT2D eigenvalue weighted by Crippen LogP contribution is 2.12. The average Bonchev–Trinajstić information content (AvgIpc) is 2.64. The quantitative estimate of drug-likeness (QED) is 0.337. The lowest BCUT2D eigenvalue weighted by Crippen LogP contribution is -2.10. The van der Waals surface area contributed by atoms with Crippen LogP contribution in [0.5, 0.6) is 0 Å². The summed E-state index contributed by atoms with van der Waals surface area (Å²) in [6.45, 7) is 0.577. The third-order valence-corrected chi connectivity index (χ3v) is 3.15. The van der Waals surface area contributed by atoms with Crippen molar-refractivity contribution < 1.29 is 14.3 Å². The number of aldehydes is 1. The first-order valence-electron chi connectivity index (χ1n) is 7.44. The summed E-state index contributed by atoms with van der Waals surface area (Å²) in [7, 11) is 0. The first-order valence-corrected chi connectivity index (χ1v) is 7.44. The van der Waals surface area contributed by atoms with E-state index in [2.05, 4.69) is 0 Å². The van der Waals surface area contributed by atoms with Crippen LogP contribution in [0.1, 0.15) is 11.1 Å². The lowest BCUT2D eigenvalue weighted by Gasteiger charge is -2.12. The van der Waals surface area contributed by atoms with E-state index >= 15 is 0 Å². The van der Waals surface area contributed by atoms with E-state index in [1.54, 1.807) is 0 Å². The number of rotatable bonds is 8. The Morgan fingerprint density at radius 2 is 1.33 bits per heavy atom. The molecule has 2 aromatic rings. The Kier molecular flexibility index (Phi) is 6.46. The van der Waals surface area contributed by atoms with Crippen molar-refractivity contribution in [2.24, 2.45) is 11.5 Å². The van der Waals surface area contributed by atoms with Gasteiger partial charge in [-0.2, -0.15) is 0 Å². The molecule has 24 heavy (non-hydrogen) atoms. The van der Waals surface area contributed by atoms with Crippen molar-refractivity contribution in [3.8, 4) is 0 Å². The number of hydrogen-bond acceptors (Lipinski definition) is 5. The average molecular weight is 324 g/mol. The maximum atomic E-state index is 10.8. The van der Waals surface area contributed by atoms with Crippen molar-refractivity contribution in [2.75, 3.05) is 0 Å². The van der Waals surface area contributed by atoms with Crippen LogP contribution in [0.25, 0.3) is 0 Å². The minimum atomic E-state index is 0.00400. The van der Waals surface area contributed by atoms with E-state index in [-0.39, 0.29) is 23.9 Å². The van der Waals surface area contributed by atoms with E-state index in [4.69, 9.17) is 20.9 Å². The second-order valence-corrected chi connectivity index (χ2v) is 5.04. The molecule has 0 saturated carbocycles. The van der Waals surface area contributed by atoms with Gasteiger partial charge >= 0.3 is 0 Å². The van der Waals surface area contributed by atoms with E-state index in [1.165, 1.54) is 6.08 Å². The first-order chi connectivity index (χ1) is 11.7. The van der Waals surface area contributed by atoms with E-state index in [1.807, 2.05) is 60.7 Å². The van der Waals surface area contributed by atoms with Crippen LogP contribution in [0.4, 0.5) is 0 Å². The molecule has 0 radical (unpaired) electrons. The standard InChI is InChI=1S/C19H20N2O3/c20-17(12-22)11-18(23-13-15-7-3-1-4-8-15)19(21)24-14-16-9-5-2-6-10-16/h1-12H,13-14,20-21H2/b17-11-,19-18-. The fourth-order valence-corrected chi connectivity index (χ4v) is 1.91.